The molecule has 1 fully saturated rings. The molecule has 4 rings (SSSR count). The number of hydrogen-bond donors (Lipinski definition) is 4. The van der Waals surface area contributed by atoms with Crippen molar-refractivity contribution in [1.82, 2.24) is 4.98 Å². The summed E-state index contributed by atoms with van der Waals surface area (Å²) in [5, 5.41) is 44.2. The van der Waals surface area contributed by atoms with Gasteiger partial charge in [-0.25, -0.2) is 4.98 Å². The molecule has 26 heavy (non-hydrogen) atoms. The Morgan fingerprint density at radius 2 is 1.73 bits per heavy atom. The highest BCUT2D eigenvalue weighted by atomic mass is 32.1. The van der Waals surface area contributed by atoms with Crippen LogP contribution in [0.4, 0.5) is 0 Å². The minimum atomic E-state index is -1.41. The summed E-state index contributed by atoms with van der Waals surface area (Å²) in [7, 11) is 0. The molecule has 0 unspecified atom stereocenters. The minimum Gasteiger partial charge on any atom is -0.394 e. The van der Waals surface area contributed by atoms with Gasteiger partial charge in [-0.2, -0.15) is 0 Å². The lowest BCUT2D eigenvalue weighted by Gasteiger charge is -2.39. The van der Waals surface area contributed by atoms with Crippen LogP contribution in [0.15, 0.2) is 47.8 Å². The van der Waals surface area contributed by atoms with Gasteiger partial charge in [0.2, 0.25) is 0 Å². The fraction of sp³-hybridized carbons (Fsp3) is 0.316. The van der Waals surface area contributed by atoms with Crippen molar-refractivity contribution >= 4 is 22.1 Å². The van der Waals surface area contributed by atoms with Crippen molar-refractivity contribution in [3.05, 3.63) is 53.5 Å². The molecule has 1 aliphatic rings. The predicted molar refractivity (Wildman–Crippen MR) is 97.8 cm³/mol. The van der Waals surface area contributed by atoms with Crippen LogP contribution in [0.1, 0.15) is 11.8 Å². The topological polar surface area (TPSA) is 103 Å². The lowest BCUT2D eigenvalue weighted by atomic mass is 9.94. The number of ether oxygens (including phenoxy) is 1. The monoisotopic (exact) mass is 373 g/mol. The largest absolute Gasteiger partial charge is 0.394 e. The van der Waals surface area contributed by atoms with E-state index in [-0.39, 0.29) is 0 Å². The van der Waals surface area contributed by atoms with Crippen LogP contribution in [0.5, 0.6) is 0 Å². The highest BCUT2D eigenvalue weighted by Gasteiger charge is 2.44. The smallest absolute Gasteiger partial charge is 0.129 e. The molecule has 1 aromatic heterocycles. The van der Waals surface area contributed by atoms with Crippen molar-refractivity contribution < 1.29 is 25.2 Å². The third kappa shape index (κ3) is 3.03. The summed E-state index contributed by atoms with van der Waals surface area (Å²) in [5.41, 5.74) is 1.42. The molecular weight excluding hydrogens is 354 g/mol. The second-order valence-corrected chi connectivity index (χ2v) is 7.25. The molecule has 0 bridgehead atoms. The van der Waals surface area contributed by atoms with Gasteiger partial charge in [0.05, 0.1) is 12.3 Å². The van der Waals surface area contributed by atoms with Gasteiger partial charge in [0.15, 0.2) is 0 Å². The zero-order valence-electron chi connectivity index (χ0n) is 13.8. The Morgan fingerprint density at radius 3 is 2.50 bits per heavy atom. The van der Waals surface area contributed by atoms with E-state index in [0.29, 0.717) is 5.69 Å². The molecular formula is C19H19NO5S. The zero-order valence-corrected chi connectivity index (χ0v) is 14.6. The van der Waals surface area contributed by atoms with Gasteiger partial charge in [0, 0.05) is 10.9 Å². The fourth-order valence-corrected chi connectivity index (χ4v) is 4.06. The van der Waals surface area contributed by atoms with Crippen LogP contribution in [0.3, 0.4) is 0 Å². The second-order valence-electron chi connectivity index (χ2n) is 6.39. The summed E-state index contributed by atoms with van der Waals surface area (Å²) in [5.74, 6) is 0. The Kier molecular flexibility index (Phi) is 4.74. The highest BCUT2D eigenvalue weighted by molar-refractivity contribution is 7.13. The van der Waals surface area contributed by atoms with Gasteiger partial charge in [-0.3, -0.25) is 0 Å². The van der Waals surface area contributed by atoms with Gasteiger partial charge in [0.25, 0.3) is 0 Å². The highest BCUT2D eigenvalue weighted by Crippen LogP contribution is 2.35. The molecule has 1 saturated heterocycles. The van der Waals surface area contributed by atoms with Crippen LogP contribution in [0.2, 0.25) is 0 Å². The van der Waals surface area contributed by atoms with Gasteiger partial charge in [-0.1, -0.05) is 36.4 Å². The summed E-state index contributed by atoms with van der Waals surface area (Å²) >= 11 is 1.41. The Labute approximate surface area is 154 Å². The van der Waals surface area contributed by atoms with Gasteiger partial charge in [0.1, 0.15) is 35.5 Å². The summed E-state index contributed by atoms with van der Waals surface area (Å²) in [6.45, 7) is -0.455. The summed E-state index contributed by atoms with van der Waals surface area (Å²) in [6, 6.07) is 14.1. The Morgan fingerprint density at radius 1 is 0.962 bits per heavy atom. The van der Waals surface area contributed by atoms with E-state index in [4.69, 9.17) is 4.74 Å². The van der Waals surface area contributed by atoms with Crippen molar-refractivity contribution in [1.29, 1.82) is 0 Å². The van der Waals surface area contributed by atoms with Crippen LogP contribution in [-0.4, -0.2) is 56.4 Å². The molecule has 5 atom stereocenters. The van der Waals surface area contributed by atoms with E-state index in [2.05, 4.69) is 4.98 Å². The molecule has 0 amide bonds. The number of aliphatic hydroxyl groups excluding tert-OH is 4. The molecule has 2 heterocycles. The summed E-state index contributed by atoms with van der Waals surface area (Å²) in [6.07, 6.45) is -5.94. The summed E-state index contributed by atoms with van der Waals surface area (Å²) < 4.78 is 5.57. The SMILES string of the molecule is OC[C@H]1O[C@@H](c2csc(-c3ccc4ccccc4c3)n2)[C@H](O)[C@@H](O)[C@@H]1O. The Balaban J connectivity index is 1.64. The van der Waals surface area contributed by atoms with Crippen molar-refractivity contribution in [3.63, 3.8) is 0 Å². The average molecular weight is 373 g/mol. The van der Waals surface area contributed by atoms with E-state index in [9.17, 15) is 20.4 Å². The maximum Gasteiger partial charge on any atom is 0.129 e. The lowest BCUT2D eigenvalue weighted by Crippen LogP contribution is -2.55. The molecule has 4 N–H and O–H groups in total. The van der Waals surface area contributed by atoms with Gasteiger partial charge in [-0.15, -0.1) is 11.3 Å². The van der Waals surface area contributed by atoms with Crippen LogP contribution >= 0.6 is 11.3 Å². The number of benzene rings is 2. The van der Waals surface area contributed by atoms with Crippen LogP contribution in [0, 0.1) is 0 Å². The number of aromatic nitrogens is 1. The normalized spacial score (nSPS) is 29.2. The number of nitrogens with zero attached hydrogens (tertiary/aromatic N) is 1. The van der Waals surface area contributed by atoms with E-state index in [0.717, 1.165) is 21.3 Å². The molecule has 6 nitrogen and oxygen atoms in total. The molecule has 0 spiro atoms. The maximum atomic E-state index is 10.2. The molecule has 1 aliphatic heterocycles. The number of hydrogen-bond acceptors (Lipinski definition) is 7. The average Bonchev–Trinajstić information content (AvgIpc) is 3.16. The first-order chi connectivity index (χ1) is 12.6. The van der Waals surface area contributed by atoms with E-state index < -0.39 is 37.1 Å². The van der Waals surface area contributed by atoms with Crippen molar-refractivity contribution in [2.24, 2.45) is 0 Å². The number of fused-ring (bicyclic) bond motifs is 1. The van der Waals surface area contributed by atoms with E-state index in [1.54, 1.807) is 5.38 Å². The molecule has 136 valence electrons. The van der Waals surface area contributed by atoms with Crippen LogP contribution < -0.4 is 0 Å². The van der Waals surface area contributed by atoms with Gasteiger partial charge >= 0.3 is 0 Å². The zero-order chi connectivity index (χ0) is 18.3. The quantitative estimate of drug-likeness (QED) is 0.555. The first kappa shape index (κ1) is 17.5. The molecule has 7 heteroatoms. The summed E-state index contributed by atoms with van der Waals surface area (Å²) in [4.78, 5) is 4.55. The van der Waals surface area contributed by atoms with Crippen LogP contribution in [0.25, 0.3) is 21.3 Å². The molecule has 2 aromatic carbocycles. The second kappa shape index (κ2) is 7.03. The number of aliphatic hydroxyl groups is 4. The van der Waals surface area contributed by atoms with Gasteiger partial charge < -0.3 is 25.2 Å². The Bertz CT molecular complexity index is 912. The van der Waals surface area contributed by atoms with Crippen LogP contribution in [-0.2, 0) is 4.74 Å². The van der Waals surface area contributed by atoms with Crippen molar-refractivity contribution in [2.75, 3.05) is 6.61 Å². The first-order valence-electron chi connectivity index (χ1n) is 8.33. The molecule has 0 saturated carbocycles. The molecule has 0 radical (unpaired) electrons. The Hall–Kier alpha value is -1.87. The molecule has 0 aliphatic carbocycles. The standard InChI is InChI=1S/C19H19NO5S/c21-8-14-15(22)16(23)17(24)18(25-14)13-9-26-19(20-13)12-6-5-10-3-1-2-4-11(10)7-12/h1-7,9,14-18,21-24H,8H2/t14-,15-,16+,17-,18+/m1/s1. The van der Waals surface area contributed by atoms with Crippen molar-refractivity contribution in [3.8, 4) is 10.6 Å². The predicted octanol–water partition coefficient (Wildman–Crippen LogP) is 1.48. The fourth-order valence-electron chi connectivity index (χ4n) is 3.22. The third-order valence-electron chi connectivity index (χ3n) is 4.70. The first-order valence-corrected chi connectivity index (χ1v) is 9.21. The van der Waals surface area contributed by atoms with E-state index in [1.807, 2.05) is 42.5 Å². The number of rotatable bonds is 3. The third-order valence-corrected chi connectivity index (χ3v) is 5.61. The minimum absolute atomic E-state index is 0.455. The van der Waals surface area contributed by atoms with E-state index >= 15 is 0 Å². The number of thiazole rings is 1. The van der Waals surface area contributed by atoms with E-state index in [1.165, 1.54) is 11.3 Å². The molecule has 3 aromatic rings. The lowest BCUT2D eigenvalue weighted by molar-refractivity contribution is -0.232. The maximum absolute atomic E-state index is 10.2. The van der Waals surface area contributed by atoms with Gasteiger partial charge in [-0.05, 0) is 16.8 Å². The van der Waals surface area contributed by atoms with Crippen molar-refractivity contribution in [2.45, 2.75) is 30.5 Å².